The van der Waals surface area contributed by atoms with Crippen LogP contribution in [0, 0.1) is 11.3 Å². The van der Waals surface area contributed by atoms with Gasteiger partial charge in [0.2, 0.25) is 0 Å². The summed E-state index contributed by atoms with van der Waals surface area (Å²) in [5.41, 5.74) is 1.78. The molecule has 20 heavy (non-hydrogen) atoms. The van der Waals surface area contributed by atoms with Crippen LogP contribution in [0.4, 0.5) is 0 Å². The van der Waals surface area contributed by atoms with Gasteiger partial charge in [0.05, 0.1) is 17.2 Å². The summed E-state index contributed by atoms with van der Waals surface area (Å²) in [5, 5.41) is 8.90. The standard InChI is InChI=1S/C13H14N4O.C2H4/c14-7-9-6-12-11(8-15-9)16-13(18)17(12)10-4-2-1-3-5-10;1-2/h6,8,10H,1-5H2,(H,16,18);1-2H2. The van der Waals surface area contributed by atoms with Crippen LogP contribution < -0.4 is 5.69 Å². The van der Waals surface area contributed by atoms with Gasteiger partial charge in [-0.2, -0.15) is 5.26 Å². The largest absolute Gasteiger partial charge is 0.326 e. The van der Waals surface area contributed by atoms with Crippen molar-refractivity contribution in [2.24, 2.45) is 0 Å². The number of nitrogens with zero attached hydrogens (tertiary/aromatic N) is 3. The summed E-state index contributed by atoms with van der Waals surface area (Å²) in [5.74, 6) is 0. The number of aromatic amines is 1. The first kappa shape index (κ1) is 14.1. The Hall–Kier alpha value is -2.35. The lowest BCUT2D eigenvalue weighted by Gasteiger charge is -2.22. The molecule has 104 valence electrons. The van der Waals surface area contributed by atoms with Gasteiger partial charge in [0, 0.05) is 12.1 Å². The Morgan fingerprint density at radius 2 is 2.05 bits per heavy atom. The molecule has 0 saturated heterocycles. The second-order valence-electron chi connectivity index (χ2n) is 4.79. The van der Waals surface area contributed by atoms with Gasteiger partial charge in [0.25, 0.3) is 0 Å². The van der Waals surface area contributed by atoms with E-state index in [1.54, 1.807) is 16.8 Å². The topological polar surface area (TPSA) is 74.5 Å². The third kappa shape index (κ3) is 2.50. The number of hydrogen-bond acceptors (Lipinski definition) is 3. The Kier molecular flexibility index (Phi) is 4.36. The zero-order chi connectivity index (χ0) is 14.5. The van der Waals surface area contributed by atoms with E-state index < -0.39 is 0 Å². The van der Waals surface area contributed by atoms with Gasteiger partial charge in [-0.3, -0.25) is 4.57 Å². The van der Waals surface area contributed by atoms with Gasteiger partial charge in [-0.25, -0.2) is 9.78 Å². The number of fused-ring (bicyclic) bond motifs is 1. The molecular formula is C15H18N4O. The van der Waals surface area contributed by atoms with Crippen molar-refractivity contribution in [1.29, 1.82) is 5.26 Å². The molecule has 5 heteroatoms. The number of aromatic nitrogens is 3. The minimum atomic E-state index is -0.0891. The zero-order valence-corrected chi connectivity index (χ0v) is 11.4. The highest BCUT2D eigenvalue weighted by molar-refractivity contribution is 5.75. The molecule has 0 aromatic carbocycles. The number of H-pyrrole nitrogens is 1. The number of nitriles is 1. The molecule has 5 nitrogen and oxygen atoms in total. The first-order chi connectivity index (χ1) is 9.79. The molecule has 2 aromatic rings. The van der Waals surface area contributed by atoms with Crippen LogP contribution in [0.3, 0.4) is 0 Å². The van der Waals surface area contributed by atoms with Crippen molar-refractivity contribution in [3.63, 3.8) is 0 Å². The normalized spacial score (nSPS) is 15.3. The molecule has 1 saturated carbocycles. The van der Waals surface area contributed by atoms with Gasteiger partial charge in [-0.15, -0.1) is 13.2 Å². The molecule has 0 aliphatic heterocycles. The number of imidazole rings is 1. The average Bonchev–Trinajstić information content (AvgIpc) is 2.85. The zero-order valence-electron chi connectivity index (χ0n) is 11.4. The predicted octanol–water partition coefficient (Wildman–Crippen LogP) is 2.90. The summed E-state index contributed by atoms with van der Waals surface area (Å²) >= 11 is 0. The molecule has 2 aromatic heterocycles. The van der Waals surface area contributed by atoms with Crippen LogP contribution >= 0.6 is 0 Å². The predicted molar refractivity (Wildman–Crippen MR) is 78.4 cm³/mol. The first-order valence-corrected chi connectivity index (χ1v) is 6.80. The van der Waals surface area contributed by atoms with Gasteiger partial charge in [-0.1, -0.05) is 19.3 Å². The number of nitrogens with one attached hydrogen (secondary N) is 1. The van der Waals surface area contributed by atoms with Crippen molar-refractivity contribution in [3.8, 4) is 6.07 Å². The lowest BCUT2D eigenvalue weighted by atomic mass is 9.95. The number of hydrogen-bond donors (Lipinski definition) is 1. The van der Waals surface area contributed by atoms with Crippen molar-refractivity contribution >= 4 is 11.0 Å². The summed E-state index contributed by atoms with van der Waals surface area (Å²) in [6, 6.07) is 3.97. The number of pyridine rings is 1. The highest BCUT2D eigenvalue weighted by atomic mass is 16.1. The molecule has 1 fully saturated rings. The van der Waals surface area contributed by atoms with Gasteiger partial charge in [-0.05, 0) is 12.8 Å². The molecule has 1 aliphatic carbocycles. The fourth-order valence-electron chi connectivity index (χ4n) is 2.79. The lowest BCUT2D eigenvalue weighted by Crippen LogP contribution is -2.23. The van der Waals surface area contributed by atoms with Crippen LogP contribution in [0.2, 0.25) is 0 Å². The fraction of sp³-hybridized carbons (Fsp3) is 0.400. The van der Waals surface area contributed by atoms with Crippen LogP contribution in [0.1, 0.15) is 43.8 Å². The van der Waals surface area contributed by atoms with Crippen LogP contribution in [0.15, 0.2) is 30.2 Å². The minimum absolute atomic E-state index is 0.0891. The van der Waals surface area contributed by atoms with Crippen LogP contribution in [0.25, 0.3) is 11.0 Å². The Morgan fingerprint density at radius 3 is 2.70 bits per heavy atom. The highest BCUT2D eigenvalue weighted by Gasteiger charge is 2.20. The van der Waals surface area contributed by atoms with Gasteiger partial charge in [0.1, 0.15) is 11.8 Å². The van der Waals surface area contributed by atoms with Crippen molar-refractivity contribution < 1.29 is 0 Å². The lowest BCUT2D eigenvalue weighted by molar-refractivity contribution is 0.353. The Labute approximate surface area is 117 Å². The summed E-state index contributed by atoms with van der Waals surface area (Å²) < 4.78 is 1.80. The van der Waals surface area contributed by atoms with Crippen molar-refractivity contribution in [2.45, 2.75) is 38.1 Å². The first-order valence-electron chi connectivity index (χ1n) is 6.80. The van der Waals surface area contributed by atoms with Gasteiger partial charge >= 0.3 is 5.69 Å². The van der Waals surface area contributed by atoms with E-state index in [0.717, 1.165) is 18.4 Å². The van der Waals surface area contributed by atoms with Crippen LogP contribution in [-0.2, 0) is 0 Å². The Morgan fingerprint density at radius 1 is 1.35 bits per heavy atom. The highest BCUT2D eigenvalue weighted by Crippen LogP contribution is 2.29. The average molecular weight is 270 g/mol. The molecule has 1 aliphatic rings. The summed E-state index contributed by atoms with van der Waals surface area (Å²) in [6.07, 6.45) is 7.22. The van der Waals surface area contributed by atoms with Crippen molar-refractivity contribution in [1.82, 2.24) is 14.5 Å². The summed E-state index contributed by atoms with van der Waals surface area (Å²) in [6.45, 7) is 6.00. The van der Waals surface area contributed by atoms with E-state index >= 15 is 0 Å². The van der Waals surface area contributed by atoms with Crippen molar-refractivity contribution in [3.05, 3.63) is 41.6 Å². The van der Waals surface area contributed by atoms with Crippen LogP contribution in [-0.4, -0.2) is 14.5 Å². The molecule has 0 radical (unpaired) electrons. The molecule has 0 unspecified atom stereocenters. The molecule has 1 N–H and O–H groups in total. The second kappa shape index (κ2) is 6.20. The molecule has 0 bridgehead atoms. The minimum Gasteiger partial charge on any atom is -0.304 e. The molecule has 0 spiro atoms. The molecule has 3 rings (SSSR count). The van der Waals surface area contributed by atoms with E-state index in [2.05, 4.69) is 23.1 Å². The van der Waals surface area contributed by atoms with Gasteiger partial charge < -0.3 is 4.98 Å². The molecule has 2 heterocycles. The van der Waals surface area contributed by atoms with E-state index in [-0.39, 0.29) is 11.7 Å². The Balaban J connectivity index is 0.000000704. The Bertz CT molecular complexity index is 686. The van der Waals surface area contributed by atoms with E-state index in [0.29, 0.717) is 11.2 Å². The third-order valence-electron chi connectivity index (χ3n) is 3.66. The second-order valence-corrected chi connectivity index (χ2v) is 4.79. The maximum absolute atomic E-state index is 12.0. The van der Waals surface area contributed by atoms with Crippen molar-refractivity contribution in [2.75, 3.05) is 0 Å². The fourth-order valence-corrected chi connectivity index (χ4v) is 2.79. The maximum atomic E-state index is 12.0. The summed E-state index contributed by atoms with van der Waals surface area (Å²) in [7, 11) is 0. The molecule has 0 amide bonds. The van der Waals surface area contributed by atoms with E-state index in [4.69, 9.17) is 5.26 Å². The third-order valence-corrected chi connectivity index (χ3v) is 3.66. The van der Waals surface area contributed by atoms with E-state index in [1.165, 1.54) is 19.3 Å². The summed E-state index contributed by atoms with van der Waals surface area (Å²) in [4.78, 5) is 18.8. The number of rotatable bonds is 1. The SMILES string of the molecule is C=C.N#Cc1cc2c(cn1)[nH]c(=O)n2C1CCCCC1. The van der Waals surface area contributed by atoms with Gasteiger partial charge in [0.15, 0.2) is 0 Å². The van der Waals surface area contributed by atoms with E-state index in [9.17, 15) is 4.79 Å². The maximum Gasteiger partial charge on any atom is 0.326 e. The quantitative estimate of drug-likeness (QED) is 0.809. The van der Waals surface area contributed by atoms with Crippen LogP contribution in [0.5, 0.6) is 0 Å². The molecular weight excluding hydrogens is 252 g/mol. The smallest absolute Gasteiger partial charge is 0.304 e. The van der Waals surface area contributed by atoms with E-state index in [1.807, 2.05) is 6.07 Å². The monoisotopic (exact) mass is 270 g/mol. The molecule has 0 atom stereocenters.